The van der Waals surface area contributed by atoms with Crippen molar-refractivity contribution in [3.63, 3.8) is 0 Å². The highest BCUT2D eigenvalue weighted by Gasteiger charge is 2.44. The zero-order chi connectivity index (χ0) is 38.1. The SMILES string of the molecule is COC(=O)CCc1c(C)c2cc3nc(cc4nc(cc5[nH]c(cc1[nH]2)c(CCC(=O)OC)c5C)C(C)(CC(=O)OC)C4=S)[C@](C)(CC(=O)OC)C3=S. The molecule has 2 aliphatic rings. The van der Waals surface area contributed by atoms with Crippen molar-refractivity contribution in [2.24, 2.45) is 0 Å². The summed E-state index contributed by atoms with van der Waals surface area (Å²) in [5, 5.41) is 0. The van der Waals surface area contributed by atoms with E-state index >= 15 is 0 Å². The van der Waals surface area contributed by atoms with Gasteiger partial charge in [-0.15, -0.1) is 0 Å². The average molecular weight is 747 g/mol. The molecule has 3 aromatic rings. The maximum atomic E-state index is 12.8. The van der Waals surface area contributed by atoms with Gasteiger partial charge in [-0.2, -0.15) is 0 Å². The summed E-state index contributed by atoms with van der Waals surface area (Å²) in [6.45, 7) is 7.58. The van der Waals surface area contributed by atoms with Crippen LogP contribution >= 0.6 is 24.4 Å². The first-order valence-electron chi connectivity index (χ1n) is 16.7. The molecule has 3 aromatic heterocycles. The lowest BCUT2D eigenvalue weighted by Crippen LogP contribution is -2.32. The van der Waals surface area contributed by atoms with Crippen molar-refractivity contribution in [1.29, 1.82) is 0 Å². The number of aromatic amines is 2. The van der Waals surface area contributed by atoms with Crippen molar-refractivity contribution in [3.05, 3.63) is 69.3 Å². The van der Waals surface area contributed by atoms with Gasteiger partial charge in [0.2, 0.25) is 0 Å². The summed E-state index contributed by atoms with van der Waals surface area (Å²) in [5.41, 5.74) is 6.14. The van der Waals surface area contributed by atoms with E-state index in [0.717, 1.165) is 33.3 Å². The van der Waals surface area contributed by atoms with Crippen LogP contribution in [0.1, 0.15) is 84.6 Å². The van der Waals surface area contributed by atoms with E-state index in [1.807, 2.05) is 45.9 Å². The fourth-order valence-electron chi connectivity index (χ4n) is 6.79. The minimum Gasteiger partial charge on any atom is -0.469 e. The highest BCUT2D eigenvalue weighted by Crippen LogP contribution is 2.40. The van der Waals surface area contributed by atoms with E-state index < -0.39 is 22.8 Å². The van der Waals surface area contributed by atoms with Gasteiger partial charge in [0, 0.05) is 34.9 Å². The van der Waals surface area contributed by atoms with Crippen molar-refractivity contribution in [3.8, 4) is 0 Å². The molecular formula is C38H42N4O8S2. The molecule has 0 amide bonds. The number of esters is 4. The van der Waals surface area contributed by atoms with E-state index in [0.29, 0.717) is 56.4 Å². The third-order valence-corrected chi connectivity index (χ3v) is 11.5. The van der Waals surface area contributed by atoms with E-state index in [1.165, 1.54) is 28.4 Å². The minimum absolute atomic E-state index is 0.0772. The Bertz CT molecular complexity index is 2190. The minimum atomic E-state index is -1.05. The molecule has 2 N–H and O–H groups in total. The number of aromatic nitrogens is 4. The molecule has 52 heavy (non-hydrogen) atoms. The molecule has 0 saturated carbocycles. The number of methoxy groups -OCH3 is 4. The van der Waals surface area contributed by atoms with Gasteiger partial charge in [-0.05, 0) is 87.1 Å². The Balaban J connectivity index is 1.94. The third kappa shape index (κ3) is 7.13. The van der Waals surface area contributed by atoms with Gasteiger partial charge in [0.25, 0.3) is 0 Å². The quantitative estimate of drug-likeness (QED) is 0.150. The van der Waals surface area contributed by atoms with Gasteiger partial charge in [-0.1, -0.05) is 24.4 Å². The number of nitrogens with zero attached hydrogens (tertiary/aromatic N) is 2. The van der Waals surface area contributed by atoms with Crippen LogP contribution < -0.4 is 0 Å². The second kappa shape index (κ2) is 15.0. The maximum Gasteiger partial charge on any atom is 0.306 e. The second-order valence-electron chi connectivity index (χ2n) is 13.4. The molecule has 0 aliphatic carbocycles. The first kappa shape index (κ1) is 38.4. The molecule has 1 unspecified atom stereocenters. The van der Waals surface area contributed by atoms with Gasteiger partial charge in [-0.3, -0.25) is 29.1 Å². The lowest BCUT2D eigenvalue weighted by molar-refractivity contribution is -0.142. The maximum absolute atomic E-state index is 12.8. The molecule has 8 bridgehead atoms. The predicted molar refractivity (Wildman–Crippen MR) is 203 cm³/mol. The van der Waals surface area contributed by atoms with Gasteiger partial charge in [0.1, 0.15) is 0 Å². The summed E-state index contributed by atoms with van der Waals surface area (Å²) in [6, 6.07) is 7.38. The van der Waals surface area contributed by atoms with E-state index in [9.17, 15) is 19.2 Å². The molecule has 0 aromatic carbocycles. The van der Waals surface area contributed by atoms with E-state index in [-0.39, 0.29) is 37.6 Å². The van der Waals surface area contributed by atoms with Gasteiger partial charge < -0.3 is 28.9 Å². The highest BCUT2D eigenvalue weighted by atomic mass is 32.1. The number of fused-ring (bicyclic) bond motifs is 8. The molecule has 2 aliphatic heterocycles. The molecule has 274 valence electrons. The van der Waals surface area contributed by atoms with Crippen LogP contribution in [0.2, 0.25) is 0 Å². The van der Waals surface area contributed by atoms with Crippen molar-refractivity contribution >= 4 is 80.1 Å². The van der Waals surface area contributed by atoms with Crippen LogP contribution in [0, 0.1) is 13.8 Å². The van der Waals surface area contributed by atoms with Crippen LogP contribution in [0.25, 0.3) is 22.1 Å². The zero-order valence-electron chi connectivity index (χ0n) is 30.5. The topological polar surface area (TPSA) is 163 Å². The van der Waals surface area contributed by atoms with Crippen LogP contribution in [0.5, 0.6) is 0 Å². The van der Waals surface area contributed by atoms with Crippen LogP contribution in [-0.2, 0) is 61.8 Å². The summed E-state index contributed by atoms with van der Waals surface area (Å²) in [4.78, 5) is 68.0. The molecule has 0 radical (unpaired) electrons. The second-order valence-corrected chi connectivity index (χ2v) is 14.3. The third-order valence-electron chi connectivity index (χ3n) is 10.2. The number of thiocarbonyl (C=S) groups is 2. The van der Waals surface area contributed by atoms with Gasteiger partial charge in [0.05, 0.1) is 84.6 Å². The molecule has 0 fully saturated rings. The Morgan fingerprint density at radius 2 is 0.981 bits per heavy atom. The number of rotatable bonds is 10. The highest BCUT2D eigenvalue weighted by molar-refractivity contribution is 7.81. The first-order valence-corrected chi connectivity index (χ1v) is 17.5. The predicted octanol–water partition coefficient (Wildman–Crippen LogP) is 5.62. The van der Waals surface area contributed by atoms with Crippen LogP contribution in [0.3, 0.4) is 0 Å². The fourth-order valence-corrected chi connectivity index (χ4v) is 7.35. The van der Waals surface area contributed by atoms with Gasteiger partial charge in [-0.25, -0.2) is 0 Å². The number of hydrogen-bond acceptors (Lipinski definition) is 12. The van der Waals surface area contributed by atoms with Gasteiger partial charge in [0.15, 0.2) is 0 Å². The first-order chi connectivity index (χ1) is 24.6. The smallest absolute Gasteiger partial charge is 0.306 e. The molecule has 5 rings (SSSR count). The van der Waals surface area contributed by atoms with E-state index in [1.54, 1.807) is 6.07 Å². The Morgan fingerprint density at radius 3 is 1.40 bits per heavy atom. The standard InChI is InChI=1S/C38H42N4O8S2/c1-19-21(9-11-31(43)47-5)25-14-26-22(10-12-32(44)48-6)20(2)24(40-26)15-29-37(3,17-33(45)49-7)36(52)28(42-29)16-30-38(4,18-34(46)50-8)35(51)27(41-30)13-23(19)39-25/h13-16,39-40H,9-12,17-18H2,1-8H3/t37?,38-/m0/s1. The Morgan fingerprint density at radius 1 is 0.596 bits per heavy atom. The molecule has 12 nitrogen and oxygen atoms in total. The lowest BCUT2D eigenvalue weighted by Gasteiger charge is -2.24. The number of carbonyl (C=O) groups excluding carboxylic acids is 4. The van der Waals surface area contributed by atoms with Crippen molar-refractivity contribution in [2.75, 3.05) is 28.4 Å². The Labute approximate surface area is 312 Å². The Kier molecular flexibility index (Phi) is 11.1. The van der Waals surface area contributed by atoms with Crippen molar-refractivity contribution < 1.29 is 38.1 Å². The number of H-pyrrole nitrogens is 2. The summed E-state index contributed by atoms with van der Waals surface area (Å²) in [6.07, 6.45) is 0.891. The summed E-state index contributed by atoms with van der Waals surface area (Å²) < 4.78 is 20.0. The Hall–Kier alpha value is -4.82. The average Bonchev–Trinajstić information content (AvgIpc) is 3.73. The molecule has 14 heteroatoms. The number of carbonyl (C=O) groups is 4. The van der Waals surface area contributed by atoms with Crippen LogP contribution in [0.4, 0.5) is 0 Å². The number of aryl methyl sites for hydroxylation is 4. The molecule has 2 atom stereocenters. The number of nitrogens with one attached hydrogen (secondary N) is 2. The van der Waals surface area contributed by atoms with E-state index in [2.05, 4.69) is 9.97 Å². The lowest BCUT2D eigenvalue weighted by atomic mass is 9.79. The van der Waals surface area contributed by atoms with E-state index in [4.69, 9.17) is 53.4 Å². The van der Waals surface area contributed by atoms with Crippen LogP contribution in [0.15, 0.2) is 24.3 Å². The monoisotopic (exact) mass is 746 g/mol. The summed E-state index contributed by atoms with van der Waals surface area (Å²) in [7, 11) is 5.34. The fraction of sp³-hybridized carbons (Fsp3) is 0.421. The number of ether oxygens (including phenoxy) is 4. The van der Waals surface area contributed by atoms with Crippen molar-refractivity contribution in [2.45, 2.75) is 77.0 Å². The number of hydrogen-bond donors (Lipinski definition) is 2. The van der Waals surface area contributed by atoms with Crippen LogP contribution in [-0.4, -0.2) is 82.0 Å². The molecular weight excluding hydrogens is 705 g/mol. The normalized spacial score (nSPS) is 18.2. The molecule has 0 spiro atoms. The largest absolute Gasteiger partial charge is 0.469 e. The summed E-state index contributed by atoms with van der Waals surface area (Å²) in [5.74, 6) is -1.63. The van der Waals surface area contributed by atoms with Crippen molar-refractivity contribution in [1.82, 2.24) is 19.9 Å². The summed E-state index contributed by atoms with van der Waals surface area (Å²) >= 11 is 12.1. The molecule has 5 heterocycles. The van der Waals surface area contributed by atoms with Gasteiger partial charge >= 0.3 is 23.9 Å². The molecule has 0 saturated heterocycles. The zero-order valence-corrected chi connectivity index (χ0v) is 32.2.